The number of rotatable bonds is 2. The largest absolute Gasteiger partial charge is 0.345 e. The molecule has 114 valence electrons. The third-order valence-electron chi connectivity index (χ3n) is 3.76. The van der Waals surface area contributed by atoms with Gasteiger partial charge >= 0.3 is 0 Å². The van der Waals surface area contributed by atoms with Crippen LogP contribution in [-0.2, 0) is 6.42 Å². The molecule has 2 heterocycles. The molecule has 22 heavy (non-hydrogen) atoms. The molecule has 0 spiro atoms. The normalized spacial score (nSPS) is 16.9. The van der Waals surface area contributed by atoms with Crippen molar-refractivity contribution in [2.45, 2.75) is 25.3 Å². The predicted molar refractivity (Wildman–Crippen MR) is 82.3 cm³/mol. The lowest BCUT2D eigenvalue weighted by molar-refractivity contribution is 0.0932. The molecule has 0 aliphatic heterocycles. The van der Waals surface area contributed by atoms with Crippen LogP contribution in [0.3, 0.4) is 0 Å². The van der Waals surface area contributed by atoms with E-state index >= 15 is 0 Å². The molecule has 1 aliphatic carbocycles. The van der Waals surface area contributed by atoms with E-state index in [0.717, 1.165) is 30.5 Å². The van der Waals surface area contributed by atoms with E-state index in [0.29, 0.717) is 5.56 Å². The molecule has 0 fully saturated rings. The van der Waals surface area contributed by atoms with Crippen molar-refractivity contribution in [1.82, 2.24) is 15.3 Å². The van der Waals surface area contributed by atoms with Gasteiger partial charge in [-0.05, 0) is 37.0 Å². The Morgan fingerprint density at radius 3 is 2.91 bits per heavy atom. The summed E-state index contributed by atoms with van der Waals surface area (Å²) in [4.78, 5) is 40.1. The Morgan fingerprint density at radius 2 is 2.14 bits per heavy atom. The van der Waals surface area contributed by atoms with E-state index in [1.165, 1.54) is 18.3 Å². The maximum absolute atomic E-state index is 12.3. The smallest absolute Gasteiger partial charge is 0.266 e. The van der Waals surface area contributed by atoms with Crippen LogP contribution in [0.1, 0.15) is 40.5 Å². The zero-order chi connectivity index (χ0) is 15.7. The standard InChI is InChI=1S/C15H14ClN3O3/c16-10-6-8(7-17-15(10)22)14(21)19-12-3-1-2-11-9(12)4-5-13(20)18-11/h4-7,12H,1-3H2,(H,17,22)(H,18,20)(H,19,21)/t12-/m1/s1. The topological polar surface area (TPSA) is 94.8 Å². The summed E-state index contributed by atoms with van der Waals surface area (Å²) in [5.74, 6) is -0.317. The number of carbonyl (C=O) groups excluding carboxylic acids is 1. The Labute approximate surface area is 130 Å². The summed E-state index contributed by atoms with van der Waals surface area (Å²) in [6, 6.07) is 4.38. The van der Waals surface area contributed by atoms with Crippen molar-refractivity contribution < 1.29 is 4.79 Å². The van der Waals surface area contributed by atoms with Crippen LogP contribution in [0.25, 0.3) is 0 Å². The van der Waals surface area contributed by atoms with Gasteiger partial charge in [0.1, 0.15) is 5.02 Å². The Hall–Kier alpha value is -2.34. The molecule has 0 saturated carbocycles. The summed E-state index contributed by atoms with van der Waals surface area (Å²) >= 11 is 5.74. The number of amides is 1. The molecule has 2 aromatic heterocycles. The van der Waals surface area contributed by atoms with Gasteiger partial charge in [0.25, 0.3) is 11.5 Å². The number of halogens is 1. The second-order valence-electron chi connectivity index (χ2n) is 5.24. The fourth-order valence-corrected chi connectivity index (χ4v) is 2.85. The van der Waals surface area contributed by atoms with Gasteiger partial charge < -0.3 is 15.3 Å². The number of aryl methyl sites for hydroxylation is 1. The lowest BCUT2D eigenvalue weighted by Gasteiger charge is -2.25. The van der Waals surface area contributed by atoms with Crippen molar-refractivity contribution in [1.29, 1.82) is 0 Å². The van der Waals surface area contributed by atoms with E-state index in [4.69, 9.17) is 11.6 Å². The van der Waals surface area contributed by atoms with Gasteiger partial charge in [-0.3, -0.25) is 14.4 Å². The Morgan fingerprint density at radius 1 is 1.32 bits per heavy atom. The molecule has 6 nitrogen and oxygen atoms in total. The summed E-state index contributed by atoms with van der Waals surface area (Å²) in [5, 5.41) is 2.89. The first-order valence-corrected chi connectivity index (χ1v) is 7.33. The zero-order valence-electron chi connectivity index (χ0n) is 11.6. The van der Waals surface area contributed by atoms with Gasteiger partial charge in [0.05, 0.1) is 11.6 Å². The first-order chi connectivity index (χ1) is 10.5. The van der Waals surface area contributed by atoms with Crippen molar-refractivity contribution in [3.63, 3.8) is 0 Å². The van der Waals surface area contributed by atoms with Crippen LogP contribution in [0.15, 0.2) is 34.0 Å². The van der Waals surface area contributed by atoms with E-state index in [9.17, 15) is 14.4 Å². The molecule has 1 aliphatic rings. The van der Waals surface area contributed by atoms with Crippen LogP contribution >= 0.6 is 11.6 Å². The molecular weight excluding hydrogens is 306 g/mol. The minimum absolute atomic E-state index is 0.0268. The molecule has 0 bridgehead atoms. The molecule has 0 saturated heterocycles. The Balaban J connectivity index is 1.85. The predicted octanol–water partition coefficient (Wildman–Crippen LogP) is 1.52. The molecule has 3 N–H and O–H groups in total. The van der Waals surface area contributed by atoms with Gasteiger partial charge in [0, 0.05) is 18.0 Å². The molecular formula is C15H14ClN3O3. The molecule has 0 radical (unpaired) electrons. The second-order valence-corrected chi connectivity index (χ2v) is 5.65. The number of nitrogens with one attached hydrogen (secondary N) is 3. The van der Waals surface area contributed by atoms with Gasteiger partial charge in [0.2, 0.25) is 5.56 Å². The number of pyridine rings is 2. The van der Waals surface area contributed by atoms with Gasteiger partial charge in [-0.15, -0.1) is 0 Å². The molecule has 1 atom stereocenters. The third kappa shape index (κ3) is 2.82. The fourth-order valence-electron chi connectivity index (χ4n) is 2.68. The highest BCUT2D eigenvalue weighted by atomic mass is 35.5. The minimum atomic E-state index is -0.432. The first-order valence-electron chi connectivity index (χ1n) is 6.96. The van der Waals surface area contributed by atoms with Crippen molar-refractivity contribution in [3.05, 3.63) is 66.9 Å². The van der Waals surface area contributed by atoms with Crippen LogP contribution in [0.4, 0.5) is 0 Å². The summed E-state index contributed by atoms with van der Waals surface area (Å²) in [6.45, 7) is 0. The lowest BCUT2D eigenvalue weighted by Crippen LogP contribution is -2.32. The highest BCUT2D eigenvalue weighted by molar-refractivity contribution is 6.30. The lowest BCUT2D eigenvalue weighted by atomic mass is 9.91. The van der Waals surface area contributed by atoms with Crippen LogP contribution in [0.2, 0.25) is 5.02 Å². The van der Waals surface area contributed by atoms with Gasteiger partial charge in [-0.2, -0.15) is 0 Å². The summed E-state index contributed by atoms with van der Waals surface area (Å²) in [5.41, 5.74) is 1.51. The van der Waals surface area contributed by atoms with E-state index in [1.54, 1.807) is 6.07 Å². The third-order valence-corrected chi connectivity index (χ3v) is 4.04. The Kier molecular flexibility index (Phi) is 3.85. The number of fused-ring (bicyclic) bond motifs is 1. The van der Waals surface area contributed by atoms with Gasteiger partial charge in [-0.1, -0.05) is 11.6 Å². The van der Waals surface area contributed by atoms with Crippen LogP contribution < -0.4 is 16.4 Å². The van der Waals surface area contributed by atoms with E-state index in [1.807, 2.05) is 0 Å². The summed E-state index contributed by atoms with van der Waals surface area (Å²) < 4.78 is 0. The summed E-state index contributed by atoms with van der Waals surface area (Å²) in [7, 11) is 0. The van der Waals surface area contributed by atoms with Crippen molar-refractivity contribution in [3.8, 4) is 0 Å². The number of aromatic nitrogens is 2. The Bertz CT molecular complexity index is 840. The fraction of sp³-hybridized carbons (Fsp3) is 0.267. The maximum Gasteiger partial charge on any atom is 0.266 e. The number of hydrogen-bond acceptors (Lipinski definition) is 3. The minimum Gasteiger partial charge on any atom is -0.345 e. The van der Waals surface area contributed by atoms with Crippen LogP contribution in [-0.4, -0.2) is 15.9 Å². The van der Waals surface area contributed by atoms with Crippen molar-refractivity contribution in [2.75, 3.05) is 0 Å². The number of H-pyrrole nitrogens is 2. The quantitative estimate of drug-likeness (QED) is 0.783. The average Bonchev–Trinajstić information content (AvgIpc) is 2.50. The van der Waals surface area contributed by atoms with E-state index in [2.05, 4.69) is 15.3 Å². The highest BCUT2D eigenvalue weighted by Crippen LogP contribution is 2.27. The van der Waals surface area contributed by atoms with Crippen molar-refractivity contribution >= 4 is 17.5 Å². The average molecular weight is 320 g/mol. The van der Waals surface area contributed by atoms with Crippen molar-refractivity contribution in [2.24, 2.45) is 0 Å². The van der Waals surface area contributed by atoms with Crippen LogP contribution in [0.5, 0.6) is 0 Å². The summed E-state index contributed by atoms with van der Waals surface area (Å²) in [6.07, 6.45) is 3.80. The zero-order valence-corrected chi connectivity index (χ0v) is 12.4. The first kappa shape index (κ1) is 14.6. The van der Waals surface area contributed by atoms with Crippen LogP contribution in [0, 0.1) is 0 Å². The molecule has 0 aromatic carbocycles. The molecule has 7 heteroatoms. The van der Waals surface area contributed by atoms with Gasteiger partial charge in [0.15, 0.2) is 0 Å². The number of hydrogen-bond donors (Lipinski definition) is 3. The molecule has 0 unspecified atom stereocenters. The number of carbonyl (C=O) groups is 1. The monoisotopic (exact) mass is 319 g/mol. The van der Waals surface area contributed by atoms with Gasteiger partial charge in [-0.25, -0.2) is 0 Å². The molecule has 1 amide bonds. The second kappa shape index (κ2) is 5.81. The number of aromatic amines is 2. The maximum atomic E-state index is 12.3. The van der Waals surface area contributed by atoms with E-state index in [-0.39, 0.29) is 22.5 Å². The molecule has 2 aromatic rings. The SMILES string of the molecule is O=C(N[C@@H]1CCCc2[nH]c(=O)ccc21)c1c[nH]c(=O)c(Cl)c1. The van der Waals surface area contributed by atoms with E-state index < -0.39 is 5.56 Å². The molecule has 3 rings (SSSR count). The highest BCUT2D eigenvalue weighted by Gasteiger charge is 2.23.